The molecule has 0 atom stereocenters. The van der Waals surface area contributed by atoms with Gasteiger partial charge in [-0.3, -0.25) is 9.78 Å². The smallest absolute Gasteiger partial charge is 0.262 e. The van der Waals surface area contributed by atoms with Crippen molar-refractivity contribution in [3.8, 4) is 5.69 Å². The Bertz CT molecular complexity index is 1210. The summed E-state index contributed by atoms with van der Waals surface area (Å²) in [7, 11) is 0. The zero-order valence-corrected chi connectivity index (χ0v) is 17.0. The first kappa shape index (κ1) is 18.9. The van der Waals surface area contributed by atoms with Crippen LogP contribution >= 0.6 is 34.8 Å². The number of aromatic nitrogens is 5. The number of H-pyrrole nitrogens is 1. The molecule has 3 heterocycles. The fourth-order valence-corrected chi connectivity index (χ4v) is 4.01. The molecule has 0 saturated carbocycles. The van der Waals surface area contributed by atoms with E-state index in [1.165, 1.54) is 4.68 Å². The second kappa shape index (κ2) is 7.54. The molecule has 3 aromatic heterocycles. The predicted octanol–water partition coefficient (Wildman–Crippen LogP) is 4.62. The number of hydrogen-bond acceptors (Lipinski definition) is 4. The molecule has 6 nitrogen and oxygen atoms in total. The van der Waals surface area contributed by atoms with E-state index in [2.05, 4.69) is 20.1 Å². The molecule has 0 spiro atoms. The molecule has 4 rings (SSSR count). The van der Waals surface area contributed by atoms with Crippen molar-refractivity contribution < 1.29 is 0 Å². The monoisotopic (exact) mass is 433 g/mol. The summed E-state index contributed by atoms with van der Waals surface area (Å²) in [5, 5.41) is 6.00. The van der Waals surface area contributed by atoms with Crippen molar-refractivity contribution >= 4 is 45.8 Å². The van der Waals surface area contributed by atoms with Gasteiger partial charge in [-0.25, -0.2) is 9.67 Å². The van der Waals surface area contributed by atoms with Crippen molar-refractivity contribution in [3.63, 3.8) is 0 Å². The molecule has 0 radical (unpaired) electrons. The third-order valence-corrected chi connectivity index (χ3v) is 5.06. The average molecular weight is 435 g/mol. The van der Waals surface area contributed by atoms with Crippen molar-refractivity contribution in [2.75, 3.05) is 0 Å². The quantitative estimate of drug-likeness (QED) is 0.508. The van der Waals surface area contributed by atoms with Crippen LogP contribution in [0.3, 0.4) is 0 Å². The Labute approximate surface area is 175 Å². The lowest BCUT2D eigenvalue weighted by Crippen LogP contribution is -2.14. The van der Waals surface area contributed by atoms with Gasteiger partial charge in [-0.2, -0.15) is 5.10 Å². The van der Waals surface area contributed by atoms with Crippen LogP contribution in [0.25, 0.3) is 16.7 Å². The van der Waals surface area contributed by atoms with E-state index in [1.54, 1.807) is 18.3 Å². The number of hydrogen-bond donors (Lipinski definition) is 1. The molecular formula is C19H14Cl3N5O. The number of aromatic amines is 1. The number of nitrogens with zero attached hydrogens (tertiary/aromatic N) is 4. The van der Waals surface area contributed by atoms with Crippen molar-refractivity contribution in [2.45, 2.75) is 19.8 Å². The number of nitrogens with one attached hydrogen (secondary N) is 1. The normalized spacial score (nSPS) is 11.3. The lowest BCUT2D eigenvalue weighted by Gasteiger charge is -2.09. The first-order valence-corrected chi connectivity index (χ1v) is 9.67. The molecule has 1 N–H and O–H groups in total. The van der Waals surface area contributed by atoms with Gasteiger partial charge in [0.1, 0.15) is 16.9 Å². The van der Waals surface area contributed by atoms with Gasteiger partial charge in [-0.1, -0.05) is 47.8 Å². The Morgan fingerprint density at radius 2 is 1.89 bits per heavy atom. The van der Waals surface area contributed by atoms with Gasteiger partial charge >= 0.3 is 0 Å². The van der Waals surface area contributed by atoms with E-state index in [9.17, 15) is 4.79 Å². The predicted molar refractivity (Wildman–Crippen MR) is 111 cm³/mol. The molecule has 9 heteroatoms. The molecule has 4 aromatic rings. The van der Waals surface area contributed by atoms with Crippen molar-refractivity contribution in [3.05, 3.63) is 79.2 Å². The maximum Gasteiger partial charge on any atom is 0.262 e. The van der Waals surface area contributed by atoms with E-state index in [0.29, 0.717) is 56.1 Å². The molecule has 0 aliphatic carbocycles. The van der Waals surface area contributed by atoms with E-state index >= 15 is 0 Å². The summed E-state index contributed by atoms with van der Waals surface area (Å²) in [5.41, 5.74) is 1.95. The Balaban J connectivity index is 1.96. The van der Waals surface area contributed by atoms with Crippen LogP contribution in [0.1, 0.15) is 24.1 Å². The second-order valence-corrected chi connectivity index (χ2v) is 7.39. The fraction of sp³-hybridized carbons (Fsp3) is 0.158. The first-order chi connectivity index (χ1) is 13.5. The van der Waals surface area contributed by atoms with E-state index < -0.39 is 0 Å². The third-order valence-electron chi connectivity index (χ3n) is 4.26. The Kier molecular flexibility index (Phi) is 5.10. The fourth-order valence-electron chi connectivity index (χ4n) is 3.04. The van der Waals surface area contributed by atoms with E-state index in [1.807, 2.05) is 25.1 Å². The molecule has 0 fully saturated rings. The minimum absolute atomic E-state index is 0.264. The highest BCUT2D eigenvalue weighted by atomic mass is 35.5. The first-order valence-electron chi connectivity index (χ1n) is 8.53. The molecule has 0 saturated heterocycles. The zero-order chi connectivity index (χ0) is 19.8. The molecular weight excluding hydrogens is 421 g/mol. The van der Waals surface area contributed by atoms with Crippen LogP contribution in [0.2, 0.25) is 15.1 Å². The molecule has 28 heavy (non-hydrogen) atoms. The summed E-state index contributed by atoms with van der Waals surface area (Å²) in [6.07, 6.45) is 2.62. The molecule has 0 unspecified atom stereocenters. The van der Waals surface area contributed by atoms with Crippen molar-refractivity contribution in [2.24, 2.45) is 0 Å². The Morgan fingerprint density at radius 1 is 1.14 bits per heavy atom. The van der Waals surface area contributed by atoms with Crippen LogP contribution in [0.15, 0.2) is 41.3 Å². The SMILES string of the molecule is CCc1nn(-c2c(Cl)cc(Cl)cc2Cl)c2nc(Cc3ccccn3)[nH]c(=O)c12. The van der Waals surface area contributed by atoms with Crippen molar-refractivity contribution in [1.82, 2.24) is 24.7 Å². The average Bonchev–Trinajstić information content (AvgIpc) is 3.01. The van der Waals surface area contributed by atoms with E-state index in [-0.39, 0.29) is 5.56 Å². The highest BCUT2D eigenvalue weighted by Crippen LogP contribution is 2.33. The number of benzene rings is 1. The van der Waals surface area contributed by atoms with Gasteiger partial charge in [0, 0.05) is 23.3 Å². The van der Waals surface area contributed by atoms with Crippen LogP contribution in [0, 0.1) is 0 Å². The van der Waals surface area contributed by atoms with Gasteiger partial charge < -0.3 is 4.98 Å². The Hall–Kier alpha value is -2.41. The maximum absolute atomic E-state index is 12.8. The third kappa shape index (κ3) is 3.39. The van der Waals surface area contributed by atoms with E-state index in [0.717, 1.165) is 5.69 Å². The van der Waals surface area contributed by atoms with Crippen LogP contribution in [0.5, 0.6) is 0 Å². The van der Waals surface area contributed by atoms with E-state index in [4.69, 9.17) is 34.8 Å². The van der Waals surface area contributed by atoms with Gasteiger partial charge in [-0.05, 0) is 30.7 Å². The number of halogens is 3. The van der Waals surface area contributed by atoms with Crippen LogP contribution < -0.4 is 5.56 Å². The number of aryl methyl sites for hydroxylation is 1. The van der Waals surface area contributed by atoms with Gasteiger partial charge in [0.25, 0.3) is 5.56 Å². The summed E-state index contributed by atoms with van der Waals surface area (Å²) in [6, 6.07) is 8.73. The topological polar surface area (TPSA) is 76.5 Å². The number of rotatable bonds is 4. The summed E-state index contributed by atoms with van der Waals surface area (Å²) in [5.74, 6) is 0.473. The van der Waals surface area contributed by atoms with Gasteiger partial charge in [-0.15, -0.1) is 0 Å². The summed E-state index contributed by atoms with van der Waals surface area (Å²) >= 11 is 18.8. The minimum Gasteiger partial charge on any atom is -0.310 e. The van der Waals surface area contributed by atoms with Crippen LogP contribution in [0.4, 0.5) is 0 Å². The van der Waals surface area contributed by atoms with Crippen LogP contribution in [-0.4, -0.2) is 24.7 Å². The zero-order valence-electron chi connectivity index (χ0n) is 14.7. The lowest BCUT2D eigenvalue weighted by atomic mass is 10.2. The number of fused-ring (bicyclic) bond motifs is 1. The van der Waals surface area contributed by atoms with Gasteiger partial charge in [0.2, 0.25) is 0 Å². The molecule has 1 aromatic carbocycles. The van der Waals surface area contributed by atoms with Crippen molar-refractivity contribution in [1.29, 1.82) is 0 Å². The molecule has 0 aliphatic rings. The molecule has 0 aliphatic heterocycles. The Morgan fingerprint density at radius 3 is 2.54 bits per heavy atom. The summed E-state index contributed by atoms with van der Waals surface area (Å²) in [6.45, 7) is 1.92. The molecule has 142 valence electrons. The summed E-state index contributed by atoms with van der Waals surface area (Å²) < 4.78 is 1.51. The molecule has 0 amide bonds. The molecule has 0 bridgehead atoms. The second-order valence-electron chi connectivity index (χ2n) is 6.14. The van der Waals surface area contributed by atoms with Crippen LogP contribution in [-0.2, 0) is 12.8 Å². The van der Waals surface area contributed by atoms with Gasteiger partial charge in [0.15, 0.2) is 5.65 Å². The maximum atomic E-state index is 12.8. The lowest BCUT2D eigenvalue weighted by molar-refractivity contribution is 0.846. The summed E-state index contributed by atoms with van der Waals surface area (Å²) in [4.78, 5) is 24.5. The minimum atomic E-state index is -0.264. The van der Waals surface area contributed by atoms with Gasteiger partial charge in [0.05, 0.1) is 15.7 Å². The standard InChI is InChI=1S/C19H14Cl3N5O/c1-2-14-16-18(27(26-14)17-12(21)7-10(20)8-13(17)22)24-15(25-19(16)28)9-11-5-3-4-6-23-11/h3-8H,2,9H2,1H3,(H,24,25,28). The highest BCUT2D eigenvalue weighted by molar-refractivity contribution is 6.40. The highest BCUT2D eigenvalue weighted by Gasteiger charge is 2.20. The number of pyridine rings is 1. The largest absolute Gasteiger partial charge is 0.310 e.